The maximum Gasteiger partial charge on any atom is 0.241 e. The fraction of sp³-hybridized carbons (Fsp3) is 0.286. The topological polar surface area (TPSA) is 80.2 Å². The monoisotopic (exact) mass is 491 g/mol. The van der Waals surface area contributed by atoms with Gasteiger partial charge in [-0.25, -0.2) is 5.01 Å². The van der Waals surface area contributed by atoms with Crippen LogP contribution in [0.15, 0.2) is 58.1 Å². The number of carbonyl (C=O) groups is 2. The predicted molar refractivity (Wildman–Crippen MR) is 120 cm³/mol. The third-order valence-corrected chi connectivity index (χ3v) is 5.62. The van der Waals surface area contributed by atoms with E-state index >= 15 is 0 Å². The summed E-state index contributed by atoms with van der Waals surface area (Å²) in [5.41, 5.74) is 0.789. The van der Waals surface area contributed by atoms with Crippen LogP contribution in [-0.2, 0) is 9.59 Å². The van der Waals surface area contributed by atoms with Crippen molar-refractivity contribution < 1.29 is 19.1 Å². The van der Waals surface area contributed by atoms with Crippen LogP contribution in [0, 0.1) is 0 Å². The molecule has 2 aromatic rings. The van der Waals surface area contributed by atoms with Gasteiger partial charge in [0.05, 0.1) is 13.2 Å². The minimum Gasteiger partial charge on any atom is -0.493 e. The molecule has 1 atom stereocenters. The molecule has 9 heteroatoms. The van der Waals surface area contributed by atoms with Gasteiger partial charge in [-0.2, -0.15) is 0 Å². The number of ether oxygens (including phenoxy) is 2. The molecule has 0 saturated heterocycles. The first-order valence-electron chi connectivity index (χ1n) is 9.37. The van der Waals surface area contributed by atoms with E-state index in [4.69, 9.17) is 9.47 Å². The highest BCUT2D eigenvalue weighted by atomic mass is 79.9. The maximum atomic E-state index is 12.1. The molecule has 0 bridgehead atoms. The van der Waals surface area contributed by atoms with Gasteiger partial charge in [0.1, 0.15) is 16.9 Å². The summed E-state index contributed by atoms with van der Waals surface area (Å²) in [5.74, 6) is 1.01. The number of hydrogen-bond acceptors (Lipinski definition) is 6. The van der Waals surface area contributed by atoms with Gasteiger partial charge in [0.15, 0.2) is 5.17 Å². The SMILES string of the molecule is CC(=O)NC1=NN(C(C)=O)[C@@H](c2cc(Br)ccc2OCCCOc2ccccc2)S1. The number of carbonyl (C=O) groups excluding carboxylic acids is 2. The van der Waals surface area contributed by atoms with Gasteiger partial charge >= 0.3 is 0 Å². The van der Waals surface area contributed by atoms with E-state index in [9.17, 15) is 9.59 Å². The van der Waals surface area contributed by atoms with Crippen LogP contribution >= 0.6 is 27.7 Å². The van der Waals surface area contributed by atoms with Crippen molar-refractivity contribution in [1.82, 2.24) is 10.3 Å². The van der Waals surface area contributed by atoms with Gasteiger partial charge < -0.3 is 14.8 Å². The molecule has 7 nitrogen and oxygen atoms in total. The Hall–Kier alpha value is -2.52. The van der Waals surface area contributed by atoms with E-state index in [0.717, 1.165) is 15.8 Å². The quantitative estimate of drug-likeness (QED) is 0.584. The van der Waals surface area contributed by atoms with E-state index in [0.29, 0.717) is 30.6 Å². The smallest absolute Gasteiger partial charge is 0.241 e. The van der Waals surface area contributed by atoms with Crippen LogP contribution < -0.4 is 14.8 Å². The molecule has 2 amide bonds. The van der Waals surface area contributed by atoms with Gasteiger partial charge in [-0.05, 0) is 30.3 Å². The number of nitrogens with zero attached hydrogens (tertiary/aromatic N) is 2. The zero-order chi connectivity index (χ0) is 21.5. The molecule has 0 spiro atoms. The Kier molecular flexibility index (Phi) is 7.75. The number of nitrogens with one attached hydrogen (secondary N) is 1. The molecule has 0 aliphatic carbocycles. The summed E-state index contributed by atoms with van der Waals surface area (Å²) in [6.45, 7) is 3.83. The van der Waals surface area contributed by atoms with Gasteiger partial charge in [0, 0.05) is 30.3 Å². The summed E-state index contributed by atoms with van der Waals surface area (Å²) < 4.78 is 12.5. The molecule has 2 aromatic carbocycles. The van der Waals surface area contributed by atoms with Crippen LogP contribution in [0.25, 0.3) is 0 Å². The lowest BCUT2D eigenvalue weighted by Gasteiger charge is -2.22. The lowest BCUT2D eigenvalue weighted by atomic mass is 10.2. The van der Waals surface area contributed by atoms with Gasteiger partial charge in [0.25, 0.3) is 0 Å². The molecule has 30 heavy (non-hydrogen) atoms. The third kappa shape index (κ3) is 5.99. The van der Waals surface area contributed by atoms with Gasteiger partial charge in [0.2, 0.25) is 11.8 Å². The van der Waals surface area contributed by atoms with Crippen molar-refractivity contribution in [3.63, 3.8) is 0 Å². The fourth-order valence-electron chi connectivity index (χ4n) is 2.76. The Morgan fingerprint density at radius 1 is 1.13 bits per heavy atom. The van der Waals surface area contributed by atoms with Crippen LogP contribution in [0.5, 0.6) is 11.5 Å². The Morgan fingerprint density at radius 3 is 2.57 bits per heavy atom. The third-order valence-electron chi connectivity index (χ3n) is 4.05. The minimum atomic E-state index is -0.433. The van der Waals surface area contributed by atoms with Gasteiger partial charge in [-0.1, -0.05) is 45.9 Å². The van der Waals surface area contributed by atoms with Crippen molar-refractivity contribution >= 4 is 44.7 Å². The zero-order valence-corrected chi connectivity index (χ0v) is 19.0. The zero-order valence-electron chi connectivity index (χ0n) is 16.6. The second-order valence-electron chi connectivity index (χ2n) is 6.47. The molecule has 1 aliphatic heterocycles. The van der Waals surface area contributed by atoms with E-state index in [-0.39, 0.29) is 11.8 Å². The van der Waals surface area contributed by atoms with E-state index in [2.05, 4.69) is 26.3 Å². The highest BCUT2D eigenvalue weighted by Crippen LogP contribution is 2.43. The van der Waals surface area contributed by atoms with Crippen LogP contribution in [0.2, 0.25) is 0 Å². The average molecular weight is 492 g/mol. The van der Waals surface area contributed by atoms with E-state index in [1.165, 1.54) is 30.6 Å². The number of benzene rings is 2. The average Bonchev–Trinajstić information content (AvgIpc) is 3.12. The van der Waals surface area contributed by atoms with Crippen molar-refractivity contribution in [3.05, 3.63) is 58.6 Å². The number of rotatable bonds is 7. The molecule has 1 heterocycles. The van der Waals surface area contributed by atoms with Crippen LogP contribution in [0.1, 0.15) is 31.2 Å². The van der Waals surface area contributed by atoms with Crippen LogP contribution in [-0.4, -0.2) is 35.2 Å². The second kappa shape index (κ2) is 10.5. The number of thioether (sulfide) groups is 1. The van der Waals surface area contributed by atoms with E-state index in [1.54, 1.807) is 0 Å². The predicted octanol–water partition coefficient (Wildman–Crippen LogP) is 4.30. The van der Waals surface area contributed by atoms with Crippen molar-refractivity contribution in [1.29, 1.82) is 0 Å². The summed E-state index contributed by atoms with van der Waals surface area (Å²) in [6.07, 6.45) is 0.701. The maximum absolute atomic E-state index is 12.1. The molecular formula is C21H22BrN3O4S. The molecule has 0 aromatic heterocycles. The highest BCUT2D eigenvalue weighted by Gasteiger charge is 2.34. The molecule has 1 aliphatic rings. The summed E-state index contributed by atoms with van der Waals surface area (Å²) >= 11 is 4.77. The Morgan fingerprint density at radius 2 is 1.87 bits per heavy atom. The molecule has 0 fully saturated rings. The molecule has 158 valence electrons. The Bertz CT molecular complexity index is 939. The number of hydrazone groups is 1. The number of para-hydroxylation sites is 1. The normalized spacial score (nSPS) is 15.5. The number of halogens is 1. The fourth-order valence-corrected chi connectivity index (χ4v) is 4.29. The van der Waals surface area contributed by atoms with Crippen molar-refractivity contribution in [2.75, 3.05) is 13.2 Å². The first-order valence-corrected chi connectivity index (χ1v) is 11.0. The Balaban J connectivity index is 1.66. The molecule has 0 unspecified atom stereocenters. The van der Waals surface area contributed by atoms with Gasteiger partial charge in [-0.15, -0.1) is 5.10 Å². The summed E-state index contributed by atoms with van der Waals surface area (Å²) in [7, 11) is 0. The minimum absolute atomic E-state index is 0.227. The van der Waals surface area contributed by atoms with Crippen LogP contribution in [0.4, 0.5) is 0 Å². The van der Waals surface area contributed by atoms with E-state index < -0.39 is 5.37 Å². The van der Waals surface area contributed by atoms with E-state index in [1.807, 2.05) is 48.5 Å². The molecular weight excluding hydrogens is 470 g/mol. The Labute approximate surface area is 187 Å². The molecule has 3 rings (SSSR count). The first-order chi connectivity index (χ1) is 14.4. The second-order valence-corrected chi connectivity index (χ2v) is 8.45. The summed E-state index contributed by atoms with van der Waals surface area (Å²) in [5, 5.41) is 8.18. The van der Waals surface area contributed by atoms with Crippen molar-refractivity contribution in [2.45, 2.75) is 25.6 Å². The number of amidine groups is 1. The van der Waals surface area contributed by atoms with Gasteiger partial charge in [-0.3, -0.25) is 9.59 Å². The first kappa shape index (κ1) is 22.2. The number of hydrogen-bond donors (Lipinski definition) is 1. The number of amides is 2. The summed E-state index contributed by atoms with van der Waals surface area (Å²) in [6, 6.07) is 15.3. The lowest BCUT2D eigenvalue weighted by molar-refractivity contribution is -0.129. The lowest BCUT2D eigenvalue weighted by Crippen LogP contribution is -2.25. The largest absolute Gasteiger partial charge is 0.493 e. The van der Waals surface area contributed by atoms with Crippen molar-refractivity contribution in [2.24, 2.45) is 5.10 Å². The molecule has 1 N–H and O–H groups in total. The van der Waals surface area contributed by atoms with Crippen LogP contribution in [0.3, 0.4) is 0 Å². The standard InChI is InChI=1S/C21H22BrN3O4S/c1-14(26)23-21-24-25(15(2)27)20(30-21)18-13-16(22)9-10-19(18)29-12-6-11-28-17-7-4-3-5-8-17/h3-5,7-10,13,20H,6,11-12H2,1-2H3,(H,23,24,26)/t20-/m1/s1. The highest BCUT2D eigenvalue weighted by molar-refractivity contribution is 9.10. The summed E-state index contributed by atoms with van der Waals surface area (Å²) in [4.78, 5) is 23.5. The van der Waals surface area contributed by atoms with Crippen molar-refractivity contribution in [3.8, 4) is 11.5 Å². The molecule has 0 radical (unpaired) electrons. The molecule has 0 saturated carbocycles.